The van der Waals surface area contributed by atoms with Gasteiger partial charge in [0.2, 0.25) is 5.76 Å². The lowest BCUT2D eigenvalue weighted by atomic mass is 10.2. The second kappa shape index (κ2) is 5.20. The van der Waals surface area contributed by atoms with E-state index in [1.807, 2.05) is 0 Å². The Balaban J connectivity index is 2.48. The average molecular weight is 278 g/mol. The Morgan fingerprint density at radius 2 is 2.10 bits per heavy atom. The number of carboxylic acid groups (broad SMARTS) is 1. The molecule has 0 saturated carbocycles. The van der Waals surface area contributed by atoms with Crippen LogP contribution >= 0.6 is 0 Å². The lowest BCUT2D eigenvalue weighted by Gasteiger charge is -2.07. The van der Waals surface area contributed by atoms with Gasteiger partial charge in [-0.1, -0.05) is 0 Å². The monoisotopic (exact) mass is 278 g/mol. The highest BCUT2D eigenvalue weighted by Crippen LogP contribution is 2.14. The topological polar surface area (TPSA) is 94.4 Å². The van der Waals surface area contributed by atoms with Crippen molar-refractivity contribution in [2.75, 3.05) is 0 Å². The standard InChI is InChI=1S/C13H14N2O5/c1-3-14-5-4-11(16)15(13(14)19)7-9-6-10(12(17)18)20-8(9)2/h4-6H,3,7H2,1-2H3,(H,17,18). The first-order chi connectivity index (χ1) is 9.43. The van der Waals surface area contributed by atoms with E-state index >= 15 is 0 Å². The molecule has 7 heteroatoms. The minimum absolute atomic E-state index is 0.0128. The van der Waals surface area contributed by atoms with Crippen molar-refractivity contribution in [3.05, 3.63) is 56.3 Å². The third-order valence-corrected chi connectivity index (χ3v) is 3.04. The first-order valence-corrected chi connectivity index (χ1v) is 6.07. The van der Waals surface area contributed by atoms with E-state index in [2.05, 4.69) is 0 Å². The number of furan rings is 1. The number of carboxylic acids is 1. The number of aromatic nitrogens is 2. The molecule has 20 heavy (non-hydrogen) atoms. The number of carbonyl (C=O) groups is 1. The zero-order chi connectivity index (χ0) is 14.9. The van der Waals surface area contributed by atoms with Gasteiger partial charge in [0.05, 0.1) is 6.54 Å². The molecule has 0 radical (unpaired) electrons. The first-order valence-electron chi connectivity index (χ1n) is 6.07. The molecule has 0 unspecified atom stereocenters. The van der Waals surface area contributed by atoms with Crippen molar-refractivity contribution < 1.29 is 14.3 Å². The van der Waals surface area contributed by atoms with Crippen LogP contribution in [0.1, 0.15) is 28.8 Å². The number of hydrogen-bond acceptors (Lipinski definition) is 4. The summed E-state index contributed by atoms with van der Waals surface area (Å²) in [5, 5.41) is 8.85. The van der Waals surface area contributed by atoms with Gasteiger partial charge in [-0.05, 0) is 19.9 Å². The largest absolute Gasteiger partial charge is 0.475 e. The van der Waals surface area contributed by atoms with Crippen molar-refractivity contribution in [1.82, 2.24) is 9.13 Å². The fourth-order valence-electron chi connectivity index (χ4n) is 1.90. The number of hydrogen-bond donors (Lipinski definition) is 1. The van der Waals surface area contributed by atoms with E-state index in [1.54, 1.807) is 13.8 Å². The van der Waals surface area contributed by atoms with Gasteiger partial charge in [0, 0.05) is 24.4 Å². The lowest BCUT2D eigenvalue weighted by Crippen LogP contribution is -2.39. The molecule has 7 nitrogen and oxygen atoms in total. The molecule has 0 saturated heterocycles. The molecule has 106 valence electrons. The highest BCUT2D eigenvalue weighted by molar-refractivity contribution is 5.84. The van der Waals surface area contributed by atoms with Gasteiger partial charge in [0.25, 0.3) is 5.56 Å². The number of rotatable bonds is 4. The maximum Gasteiger partial charge on any atom is 0.371 e. The molecular formula is C13H14N2O5. The summed E-state index contributed by atoms with van der Waals surface area (Å²) >= 11 is 0. The van der Waals surface area contributed by atoms with Gasteiger partial charge in [-0.3, -0.25) is 9.36 Å². The van der Waals surface area contributed by atoms with Gasteiger partial charge in [-0.2, -0.15) is 0 Å². The molecule has 0 aliphatic rings. The van der Waals surface area contributed by atoms with Gasteiger partial charge < -0.3 is 14.1 Å². The zero-order valence-electron chi connectivity index (χ0n) is 11.1. The summed E-state index contributed by atoms with van der Waals surface area (Å²) in [5.74, 6) is -1.02. The third kappa shape index (κ3) is 2.42. The summed E-state index contributed by atoms with van der Waals surface area (Å²) < 4.78 is 7.51. The summed E-state index contributed by atoms with van der Waals surface area (Å²) in [4.78, 5) is 34.6. The molecule has 0 atom stereocenters. The molecule has 0 aliphatic heterocycles. The van der Waals surface area contributed by atoms with Gasteiger partial charge in [-0.15, -0.1) is 0 Å². The second-order valence-corrected chi connectivity index (χ2v) is 4.31. The lowest BCUT2D eigenvalue weighted by molar-refractivity contribution is 0.0661. The van der Waals surface area contributed by atoms with Crippen LogP contribution in [0, 0.1) is 6.92 Å². The van der Waals surface area contributed by atoms with E-state index < -0.39 is 17.2 Å². The fourth-order valence-corrected chi connectivity index (χ4v) is 1.90. The molecule has 0 aliphatic carbocycles. The Kier molecular flexibility index (Phi) is 3.60. The van der Waals surface area contributed by atoms with Gasteiger partial charge in [0.1, 0.15) is 5.76 Å². The number of aryl methyl sites for hydroxylation is 2. The molecule has 2 rings (SSSR count). The first kappa shape index (κ1) is 13.9. The molecule has 0 spiro atoms. The smallest absolute Gasteiger partial charge is 0.371 e. The molecule has 0 fully saturated rings. The van der Waals surface area contributed by atoms with Crippen molar-refractivity contribution in [2.24, 2.45) is 0 Å². The van der Waals surface area contributed by atoms with Crippen LogP contribution < -0.4 is 11.2 Å². The third-order valence-electron chi connectivity index (χ3n) is 3.04. The van der Waals surface area contributed by atoms with Crippen molar-refractivity contribution in [3.63, 3.8) is 0 Å². The SMILES string of the molecule is CCn1ccc(=O)n(Cc2cc(C(=O)O)oc2C)c1=O. The Hall–Kier alpha value is -2.57. The molecule has 2 aromatic rings. The molecule has 2 aromatic heterocycles. The van der Waals surface area contributed by atoms with E-state index in [-0.39, 0.29) is 12.3 Å². The van der Waals surface area contributed by atoms with Crippen LogP contribution in [0.2, 0.25) is 0 Å². The van der Waals surface area contributed by atoms with Crippen molar-refractivity contribution >= 4 is 5.97 Å². The van der Waals surface area contributed by atoms with Crippen LogP contribution in [0.5, 0.6) is 0 Å². The predicted molar refractivity (Wildman–Crippen MR) is 70.1 cm³/mol. The van der Waals surface area contributed by atoms with Crippen molar-refractivity contribution in [1.29, 1.82) is 0 Å². The molecule has 0 aromatic carbocycles. The molecule has 0 bridgehead atoms. The van der Waals surface area contributed by atoms with Crippen LogP contribution in [0.4, 0.5) is 0 Å². The minimum atomic E-state index is -1.19. The molecule has 0 amide bonds. The van der Waals surface area contributed by atoms with Gasteiger partial charge in [-0.25, -0.2) is 9.59 Å². The maximum absolute atomic E-state index is 12.1. The quantitative estimate of drug-likeness (QED) is 0.887. The van der Waals surface area contributed by atoms with E-state index in [0.717, 1.165) is 4.57 Å². The van der Waals surface area contributed by atoms with Crippen LogP contribution in [0.25, 0.3) is 0 Å². The Morgan fingerprint density at radius 1 is 1.40 bits per heavy atom. The van der Waals surface area contributed by atoms with E-state index in [1.165, 1.54) is 22.9 Å². The number of nitrogens with zero attached hydrogens (tertiary/aromatic N) is 2. The van der Waals surface area contributed by atoms with E-state index in [4.69, 9.17) is 9.52 Å². The average Bonchev–Trinajstić information content (AvgIpc) is 2.76. The zero-order valence-corrected chi connectivity index (χ0v) is 11.1. The fraction of sp³-hybridized carbons (Fsp3) is 0.308. The van der Waals surface area contributed by atoms with E-state index in [0.29, 0.717) is 17.9 Å². The Bertz CT molecular complexity index is 766. The van der Waals surface area contributed by atoms with Crippen molar-refractivity contribution in [2.45, 2.75) is 26.9 Å². The van der Waals surface area contributed by atoms with Crippen LogP contribution in [0.15, 0.2) is 32.3 Å². The molecule has 2 heterocycles. The summed E-state index contributed by atoms with van der Waals surface area (Å²) in [6, 6.07) is 2.63. The Labute approximate surface area is 113 Å². The Morgan fingerprint density at radius 3 is 2.65 bits per heavy atom. The normalized spacial score (nSPS) is 10.7. The van der Waals surface area contributed by atoms with Gasteiger partial charge >= 0.3 is 11.7 Å². The van der Waals surface area contributed by atoms with E-state index in [9.17, 15) is 14.4 Å². The van der Waals surface area contributed by atoms with Crippen molar-refractivity contribution in [3.8, 4) is 0 Å². The van der Waals surface area contributed by atoms with Gasteiger partial charge in [0.15, 0.2) is 0 Å². The highest BCUT2D eigenvalue weighted by Gasteiger charge is 2.15. The van der Waals surface area contributed by atoms with Crippen LogP contribution in [-0.4, -0.2) is 20.2 Å². The minimum Gasteiger partial charge on any atom is -0.475 e. The summed E-state index contributed by atoms with van der Waals surface area (Å²) in [5.41, 5.74) is -0.370. The molecular weight excluding hydrogens is 264 g/mol. The van der Waals surface area contributed by atoms with Crippen LogP contribution in [0.3, 0.4) is 0 Å². The van der Waals surface area contributed by atoms with Crippen LogP contribution in [-0.2, 0) is 13.1 Å². The maximum atomic E-state index is 12.1. The molecule has 1 N–H and O–H groups in total. The summed E-state index contributed by atoms with van der Waals surface area (Å²) in [6.45, 7) is 3.82. The highest BCUT2D eigenvalue weighted by atomic mass is 16.4. The summed E-state index contributed by atoms with van der Waals surface area (Å²) in [7, 11) is 0. The number of aromatic carboxylic acids is 1. The summed E-state index contributed by atoms with van der Waals surface area (Å²) in [6.07, 6.45) is 1.44. The second-order valence-electron chi connectivity index (χ2n) is 4.31. The predicted octanol–water partition coefficient (Wildman–Crippen LogP) is 0.678.